The number of nitrogens with two attached hydrogens (primary N) is 2. The molecule has 2 aromatic carbocycles. The molecule has 25 heavy (non-hydrogen) atoms. The number of carbonyl (C=O) groups is 1. The molecule has 0 spiro atoms. The van der Waals surface area contributed by atoms with Gasteiger partial charge in [-0.15, -0.1) is 0 Å². The Bertz CT molecular complexity index is 797. The van der Waals surface area contributed by atoms with Gasteiger partial charge in [0.1, 0.15) is 18.1 Å². The molecule has 3 rings (SSSR count). The van der Waals surface area contributed by atoms with Gasteiger partial charge in [0.2, 0.25) is 0 Å². The quantitative estimate of drug-likeness (QED) is 0.682. The minimum atomic E-state index is -0.915. The summed E-state index contributed by atoms with van der Waals surface area (Å²) in [6.45, 7) is 0.662. The van der Waals surface area contributed by atoms with Crippen LogP contribution in [0.1, 0.15) is 17.0 Å². The Morgan fingerprint density at radius 2 is 2.16 bits per heavy atom. The minimum Gasteiger partial charge on any atom is -0.492 e. The number of hydrogen-bond donors (Lipinski definition) is 3. The largest absolute Gasteiger partial charge is 0.492 e. The number of fused-ring (bicyclic) bond motifs is 1. The van der Waals surface area contributed by atoms with Crippen molar-refractivity contribution in [3.8, 4) is 11.5 Å². The molecule has 1 heterocycles. The number of carboxylic acid groups (broad SMARTS) is 1. The Balaban J connectivity index is 1.73. The van der Waals surface area contributed by atoms with Gasteiger partial charge in [0.25, 0.3) is 0 Å². The molecule has 1 aliphatic heterocycles. The highest BCUT2D eigenvalue weighted by molar-refractivity contribution is 6.31. The summed E-state index contributed by atoms with van der Waals surface area (Å²) in [5, 5.41) is 9.83. The summed E-state index contributed by atoms with van der Waals surface area (Å²) in [5.41, 5.74) is 13.5. The predicted octanol–water partition coefficient (Wildman–Crippen LogP) is 2.64. The SMILES string of the molecule is NCC(C(=O)O)C1COc2cc(OCc3ccc(N)cc3Cl)ccc21. The van der Waals surface area contributed by atoms with Crippen molar-refractivity contribution in [2.75, 3.05) is 18.9 Å². The van der Waals surface area contributed by atoms with E-state index in [4.69, 9.17) is 32.5 Å². The predicted molar refractivity (Wildman–Crippen MR) is 95.1 cm³/mol. The van der Waals surface area contributed by atoms with Gasteiger partial charge in [0, 0.05) is 40.4 Å². The van der Waals surface area contributed by atoms with Crippen LogP contribution in [0.5, 0.6) is 11.5 Å². The van der Waals surface area contributed by atoms with E-state index >= 15 is 0 Å². The zero-order chi connectivity index (χ0) is 18.0. The standard InChI is InChI=1S/C18H19ClN2O4/c19-16-5-11(21)2-1-10(16)8-24-12-3-4-13-15(9-25-17(13)6-12)14(7-20)18(22)23/h1-6,14-15H,7-9,20-21H2,(H,22,23). The minimum absolute atomic E-state index is 0.0662. The molecular formula is C18H19ClN2O4. The average molecular weight is 363 g/mol. The lowest BCUT2D eigenvalue weighted by Crippen LogP contribution is -2.30. The van der Waals surface area contributed by atoms with Crippen molar-refractivity contribution in [3.63, 3.8) is 0 Å². The van der Waals surface area contributed by atoms with Crippen molar-refractivity contribution in [2.24, 2.45) is 11.7 Å². The van der Waals surface area contributed by atoms with Crippen molar-refractivity contribution < 1.29 is 19.4 Å². The lowest BCUT2D eigenvalue weighted by molar-refractivity contribution is -0.142. The van der Waals surface area contributed by atoms with Crippen LogP contribution in [0.15, 0.2) is 36.4 Å². The summed E-state index contributed by atoms with van der Waals surface area (Å²) in [6.07, 6.45) is 0. The molecule has 132 valence electrons. The number of nitrogen functional groups attached to an aromatic ring is 1. The van der Waals surface area contributed by atoms with E-state index in [0.29, 0.717) is 35.4 Å². The first-order chi connectivity index (χ1) is 12.0. The topological polar surface area (TPSA) is 108 Å². The van der Waals surface area contributed by atoms with Crippen LogP contribution in [0.25, 0.3) is 0 Å². The molecule has 0 fully saturated rings. The number of benzene rings is 2. The first kappa shape index (κ1) is 17.4. The molecule has 0 saturated heterocycles. The lowest BCUT2D eigenvalue weighted by atomic mass is 9.87. The van der Waals surface area contributed by atoms with Gasteiger partial charge in [0.05, 0.1) is 12.5 Å². The summed E-state index contributed by atoms with van der Waals surface area (Å²) in [4.78, 5) is 11.3. The monoisotopic (exact) mass is 362 g/mol. The number of rotatable bonds is 6. The summed E-state index contributed by atoms with van der Waals surface area (Å²) in [6, 6.07) is 10.6. The van der Waals surface area contributed by atoms with Crippen LogP contribution in [0.4, 0.5) is 5.69 Å². The van der Waals surface area contributed by atoms with Crippen LogP contribution in [-0.2, 0) is 11.4 Å². The van der Waals surface area contributed by atoms with Crippen molar-refractivity contribution >= 4 is 23.3 Å². The van der Waals surface area contributed by atoms with Crippen LogP contribution in [-0.4, -0.2) is 24.2 Å². The van der Waals surface area contributed by atoms with Crippen LogP contribution in [0.3, 0.4) is 0 Å². The van der Waals surface area contributed by atoms with Gasteiger partial charge in [-0.05, 0) is 18.2 Å². The van der Waals surface area contributed by atoms with Crippen molar-refractivity contribution in [1.82, 2.24) is 0 Å². The summed E-state index contributed by atoms with van der Waals surface area (Å²) in [7, 11) is 0. The molecule has 0 radical (unpaired) electrons. The van der Waals surface area contributed by atoms with E-state index in [9.17, 15) is 9.90 Å². The van der Waals surface area contributed by atoms with Crippen LogP contribution >= 0.6 is 11.6 Å². The van der Waals surface area contributed by atoms with Gasteiger partial charge in [-0.1, -0.05) is 23.7 Å². The Hall–Kier alpha value is -2.44. The molecule has 6 nitrogen and oxygen atoms in total. The van der Waals surface area contributed by atoms with Crippen molar-refractivity contribution in [3.05, 3.63) is 52.5 Å². The van der Waals surface area contributed by atoms with Crippen LogP contribution in [0.2, 0.25) is 5.02 Å². The maximum absolute atomic E-state index is 11.3. The third-order valence-corrected chi connectivity index (χ3v) is 4.68. The molecule has 7 heteroatoms. The van der Waals surface area contributed by atoms with Gasteiger partial charge in [-0.2, -0.15) is 0 Å². The molecule has 0 bridgehead atoms. The van der Waals surface area contributed by atoms with Gasteiger partial charge >= 0.3 is 5.97 Å². The fourth-order valence-corrected chi connectivity index (χ4v) is 3.16. The fraction of sp³-hybridized carbons (Fsp3) is 0.278. The number of carboxylic acids is 1. The molecule has 5 N–H and O–H groups in total. The van der Waals surface area contributed by atoms with Crippen molar-refractivity contribution in [1.29, 1.82) is 0 Å². The number of ether oxygens (including phenoxy) is 2. The molecular weight excluding hydrogens is 344 g/mol. The molecule has 2 atom stereocenters. The molecule has 1 aliphatic rings. The maximum Gasteiger partial charge on any atom is 0.308 e. The average Bonchev–Trinajstić information content (AvgIpc) is 2.97. The zero-order valence-corrected chi connectivity index (χ0v) is 14.2. The summed E-state index contributed by atoms with van der Waals surface area (Å²) in [5.74, 6) is -0.584. The van der Waals surface area contributed by atoms with E-state index in [1.54, 1.807) is 24.3 Å². The summed E-state index contributed by atoms with van der Waals surface area (Å²) >= 11 is 6.14. The maximum atomic E-state index is 11.3. The van der Waals surface area contributed by atoms with Gasteiger partial charge in [-0.3, -0.25) is 4.79 Å². The molecule has 0 amide bonds. The molecule has 0 saturated carbocycles. The van der Waals surface area contributed by atoms with Gasteiger partial charge in [0.15, 0.2) is 0 Å². The van der Waals surface area contributed by atoms with E-state index < -0.39 is 11.9 Å². The first-order valence-corrected chi connectivity index (χ1v) is 8.23. The highest BCUT2D eigenvalue weighted by Gasteiger charge is 2.35. The van der Waals surface area contributed by atoms with E-state index in [0.717, 1.165) is 11.1 Å². The van der Waals surface area contributed by atoms with E-state index in [1.165, 1.54) is 0 Å². The van der Waals surface area contributed by atoms with E-state index in [1.807, 2.05) is 12.1 Å². The number of halogens is 1. The summed E-state index contributed by atoms with van der Waals surface area (Å²) < 4.78 is 11.4. The third-order valence-electron chi connectivity index (χ3n) is 4.33. The highest BCUT2D eigenvalue weighted by atomic mass is 35.5. The second-order valence-corrected chi connectivity index (χ2v) is 6.34. The number of hydrogen-bond acceptors (Lipinski definition) is 5. The number of aliphatic carboxylic acids is 1. The van der Waals surface area contributed by atoms with Gasteiger partial charge < -0.3 is 26.0 Å². The molecule has 2 aromatic rings. The lowest BCUT2D eigenvalue weighted by Gasteiger charge is -2.16. The van der Waals surface area contributed by atoms with Crippen LogP contribution < -0.4 is 20.9 Å². The second kappa shape index (κ2) is 7.21. The van der Waals surface area contributed by atoms with E-state index in [2.05, 4.69) is 0 Å². The Labute approximate surface area is 150 Å². The third kappa shape index (κ3) is 3.65. The fourth-order valence-electron chi connectivity index (χ4n) is 2.92. The zero-order valence-electron chi connectivity index (χ0n) is 13.4. The number of anilines is 1. The Morgan fingerprint density at radius 1 is 1.36 bits per heavy atom. The Kier molecular flexibility index (Phi) is 5.01. The highest BCUT2D eigenvalue weighted by Crippen LogP contribution is 2.40. The molecule has 2 unspecified atom stereocenters. The Morgan fingerprint density at radius 3 is 2.84 bits per heavy atom. The smallest absolute Gasteiger partial charge is 0.308 e. The molecule has 0 aromatic heterocycles. The second-order valence-electron chi connectivity index (χ2n) is 5.94. The normalized spacial score (nSPS) is 16.8. The first-order valence-electron chi connectivity index (χ1n) is 7.86. The van der Waals surface area contributed by atoms with Crippen LogP contribution in [0, 0.1) is 5.92 Å². The van der Waals surface area contributed by atoms with E-state index in [-0.39, 0.29) is 12.5 Å². The van der Waals surface area contributed by atoms with Crippen molar-refractivity contribution in [2.45, 2.75) is 12.5 Å². The molecule has 0 aliphatic carbocycles. The van der Waals surface area contributed by atoms with Gasteiger partial charge in [-0.25, -0.2) is 0 Å².